The molecular formula is C20H21F3N4OS. The van der Waals surface area contributed by atoms with Crippen LogP contribution in [0.5, 0.6) is 0 Å². The molecule has 3 rings (SSSR count). The second kappa shape index (κ2) is 7.70. The number of rotatable bonds is 5. The number of hydrogen-bond acceptors (Lipinski definition) is 4. The summed E-state index contributed by atoms with van der Waals surface area (Å²) in [5.74, 6) is -1.28. The molecule has 0 aliphatic carbocycles. The summed E-state index contributed by atoms with van der Waals surface area (Å²) in [6, 6.07) is 7.99. The number of carbonyl (C=O) groups excluding carboxylic acids is 1. The Labute approximate surface area is 170 Å². The minimum atomic E-state index is -4.58. The van der Waals surface area contributed by atoms with E-state index in [9.17, 15) is 18.0 Å². The molecule has 0 fully saturated rings. The first-order valence-corrected chi connectivity index (χ1v) is 9.87. The standard InChI is InChI=1S/C20H21F3N4OS/c1-11-6-12(2)8-15(7-11)27-13(3)9-16(14(27)4)17(28)10-29-19-25-24-18(26(19)5)20(21,22)23/h6-9H,10H2,1-5H3. The zero-order valence-corrected chi connectivity index (χ0v) is 17.6. The smallest absolute Gasteiger partial charge is 0.318 e. The van der Waals surface area contributed by atoms with Gasteiger partial charge in [-0.15, -0.1) is 10.2 Å². The van der Waals surface area contributed by atoms with E-state index in [0.29, 0.717) is 5.56 Å². The van der Waals surface area contributed by atoms with Crippen LogP contribution in [0.15, 0.2) is 29.4 Å². The quantitative estimate of drug-likeness (QED) is 0.436. The topological polar surface area (TPSA) is 52.7 Å². The van der Waals surface area contributed by atoms with Crippen LogP contribution in [-0.2, 0) is 13.2 Å². The third kappa shape index (κ3) is 4.24. The number of ketones is 1. The molecule has 0 atom stereocenters. The number of alkyl halides is 3. The van der Waals surface area contributed by atoms with Gasteiger partial charge in [-0.25, -0.2) is 0 Å². The first-order valence-electron chi connectivity index (χ1n) is 8.89. The lowest BCUT2D eigenvalue weighted by molar-refractivity contribution is -0.147. The molecule has 0 aliphatic rings. The number of nitrogens with zero attached hydrogens (tertiary/aromatic N) is 4. The number of aromatic nitrogens is 4. The molecule has 0 bridgehead atoms. The molecule has 0 unspecified atom stereocenters. The van der Waals surface area contributed by atoms with E-state index in [-0.39, 0.29) is 16.7 Å². The molecule has 0 saturated heterocycles. The van der Waals surface area contributed by atoms with Gasteiger partial charge < -0.3 is 9.13 Å². The Balaban J connectivity index is 1.83. The maximum Gasteiger partial charge on any atom is 0.451 e. The zero-order valence-electron chi connectivity index (χ0n) is 16.8. The lowest BCUT2D eigenvalue weighted by atomic mass is 10.1. The van der Waals surface area contributed by atoms with Crippen molar-refractivity contribution in [3.63, 3.8) is 0 Å². The first-order chi connectivity index (χ1) is 13.5. The van der Waals surface area contributed by atoms with Gasteiger partial charge in [0.15, 0.2) is 10.9 Å². The third-order valence-corrected chi connectivity index (χ3v) is 5.64. The molecule has 0 radical (unpaired) electrons. The molecule has 1 aromatic carbocycles. The van der Waals surface area contributed by atoms with Crippen LogP contribution in [-0.4, -0.2) is 30.9 Å². The highest BCUT2D eigenvalue weighted by molar-refractivity contribution is 7.99. The highest BCUT2D eigenvalue weighted by atomic mass is 32.2. The predicted octanol–water partition coefficient (Wildman–Crippen LogP) is 4.83. The molecule has 154 valence electrons. The third-order valence-electron chi connectivity index (χ3n) is 4.62. The van der Waals surface area contributed by atoms with Crippen LogP contribution < -0.4 is 0 Å². The maximum absolute atomic E-state index is 12.8. The van der Waals surface area contributed by atoms with Gasteiger partial charge in [-0.05, 0) is 57.0 Å². The Morgan fingerprint density at radius 3 is 2.21 bits per heavy atom. The average Bonchev–Trinajstić information content (AvgIpc) is 3.11. The second-order valence-corrected chi connectivity index (χ2v) is 7.98. The minimum Gasteiger partial charge on any atom is -0.318 e. The van der Waals surface area contributed by atoms with Gasteiger partial charge in [-0.1, -0.05) is 17.8 Å². The molecule has 0 spiro atoms. The summed E-state index contributed by atoms with van der Waals surface area (Å²) in [4.78, 5) is 12.8. The van der Waals surface area contributed by atoms with Crippen molar-refractivity contribution in [3.05, 3.63) is 58.2 Å². The summed E-state index contributed by atoms with van der Waals surface area (Å²) in [6.45, 7) is 7.83. The second-order valence-electron chi connectivity index (χ2n) is 7.04. The van der Waals surface area contributed by atoms with Crippen molar-refractivity contribution in [3.8, 4) is 5.69 Å². The van der Waals surface area contributed by atoms with Gasteiger partial charge in [0.1, 0.15) is 0 Å². The minimum absolute atomic E-state index is 0.0268. The van der Waals surface area contributed by atoms with Gasteiger partial charge in [-0.3, -0.25) is 4.79 Å². The number of halogens is 3. The molecule has 3 aromatic rings. The summed E-state index contributed by atoms with van der Waals surface area (Å²) in [5.41, 5.74) is 5.49. The molecular weight excluding hydrogens is 401 g/mol. The SMILES string of the molecule is Cc1cc(C)cc(-n2c(C)cc(C(=O)CSc3nnc(C(F)(F)F)n3C)c2C)c1. The molecule has 29 heavy (non-hydrogen) atoms. The molecule has 0 aliphatic heterocycles. The summed E-state index contributed by atoms with van der Waals surface area (Å²) in [7, 11) is 1.24. The van der Waals surface area contributed by atoms with E-state index >= 15 is 0 Å². The number of carbonyl (C=O) groups is 1. The maximum atomic E-state index is 12.8. The van der Waals surface area contributed by atoms with E-state index < -0.39 is 12.0 Å². The average molecular weight is 422 g/mol. The number of aryl methyl sites for hydroxylation is 3. The Kier molecular flexibility index (Phi) is 5.62. The van der Waals surface area contributed by atoms with Crippen molar-refractivity contribution < 1.29 is 18.0 Å². The van der Waals surface area contributed by atoms with Crippen LogP contribution in [0.25, 0.3) is 5.69 Å². The van der Waals surface area contributed by atoms with Gasteiger partial charge in [0, 0.05) is 29.7 Å². The molecule has 2 aromatic heterocycles. The van der Waals surface area contributed by atoms with E-state index in [2.05, 4.69) is 16.3 Å². The number of hydrogen-bond donors (Lipinski definition) is 0. The Morgan fingerprint density at radius 1 is 1.03 bits per heavy atom. The van der Waals surface area contributed by atoms with Crippen LogP contribution >= 0.6 is 11.8 Å². The normalized spacial score (nSPS) is 11.9. The molecule has 5 nitrogen and oxygen atoms in total. The van der Waals surface area contributed by atoms with Crippen molar-refractivity contribution in [2.45, 2.75) is 39.0 Å². The van der Waals surface area contributed by atoms with Crippen molar-refractivity contribution in [1.82, 2.24) is 19.3 Å². The van der Waals surface area contributed by atoms with E-state index in [1.54, 1.807) is 0 Å². The molecule has 2 heterocycles. The van der Waals surface area contributed by atoms with Crippen LogP contribution in [0.3, 0.4) is 0 Å². The summed E-state index contributed by atoms with van der Waals surface area (Å²) >= 11 is 0.942. The number of thioether (sulfide) groups is 1. The van der Waals surface area contributed by atoms with Crippen molar-refractivity contribution in [2.75, 3.05) is 5.75 Å². The summed E-state index contributed by atoms with van der Waals surface area (Å²) < 4.78 is 41.4. The lowest BCUT2D eigenvalue weighted by Crippen LogP contribution is -2.13. The monoisotopic (exact) mass is 422 g/mol. The van der Waals surface area contributed by atoms with Crippen LogP contribution in [0.2, 0.25) is 0 Å². The van der Waals surface area contributed by atoms with Gasteiger partial charge in [-0.2, -0.15) is 13.2 Å². The first kappa shape index (κ1) is 21.2. The molecule has 0 N–H and O–H groups in total. The van der Waals surface area contributed by atoms with Crippen molar-refractivity contribution >= 4 is 17.5 Å². The highest BCUT2D eigenvalue weighted by Crippen LogP contribution is 2.30. The van der Waals surface area contributed by atoms with Crippen LogP contribution in [0, 0.1) is 27.7 Å². The van der Waals surface area contributed by atoms with Crippen LogP contribution in [0.1, 0.15) is 38.7 Å². The van der Waals surface area contributed by atoms with E-state index in [0.717, 1.165) is 44.5 Å². The van der Waals surface area contributed by atoms with Crippen molar-refractivity contribution in [2.24, 2.45) is 7.05 Å². The Morgan fingerprint density at radius 2 is 1.66 bits per heavy atom. The van der Waals surface area contributed by atoms with Gasteiger partial charge >= 0.3 is 6.18 Å². The van der Waals surface area contributed by atoms with Crippen LogP contribution in [0.4, 0.5) is 13.2 Å². The summed E-state index contributed by atoms with van der Waals surface area (Å²) in [5, 5.41) is 6.79. The Hall–Kier alpha value is -2.55. The number of Topliss-reactive ketones (excluding diaryl/α,β-unsaturated/α-hetero) is 1. The molecule has 0 saturated carbocycles. The van der Waals surface area contributed by atoms with Gasteiger partial charge in [0.2, 0.25) is 5.82 Å². The largest absolute Gasteiger partial charge is 0.451 e. The van der Waals surface area contributed by atoms with E-state index in [1.807, 2.05) is 50.5 Å². The fourth-order valence-corrected chi connectivity index (χ4v) is 4.21. The summed E-state index contributed by atoms with van der Waals surface area (Å²) in [6.07, 6.45) is -4.58. The fraction of sp³-hybridized carbons (Fsp3) is 0.350. The molecule has 9 heteroatoms. The lowest BCUT2D eigenvalue weighted by Gasteiger charge is -2.12. The van der Waals surface area contributed by atoms with E-state index in [1.165, 1.54) is 7.05 Å². The zero-order chi connectivity index (χ0) is 21.5. The fourth-order valence-electron chi connectivity index (χ4n) is 3.42. The molecule has 0 amide bonds. The van der Waals surface area contributed by atoms with Gasteiger partial charge in [0.05, 0.1) is 5.75 Å². The van der Waals surface area contributed by atoms with Crippen molar-refractivity contribution in [1.29, 1.82) is 0 Å². The Bertz CT molecular complexity index is 1060. The predicted molar refractivity (Wildman–Crippen MR) is 106 cm³/mol. The van der Waals surface area contributed by atoms with E-state index in [4.69, 9.17) is 0 Å². The number of benzene rings is 1. The highest BCUT2D eigenvalue weighted by Gasteiger charge is 2.37. The van der Waals surface area contributed by atoms with Gasteiger partial charge in [0.25, 0.3) is 0 Å².